The number of rotatable bonds is 1. The molecular weight excluding hydrogens is 187 g/mol. The van der Waals surface area contributed by atoms with Gasteiger partial charge in [-0.1, -0.05) is 6.92 Å². The third-order valence-electron chi connectivity index (χ3n) is 1.40. The van der Waals surface area contributed by atoms with Crippen LogP contribution in [-0.2, 0) is 12.6 Å². The standard InChI is InChI=1S/C7H8F3NS/c1-3-5-11-4(2)6(12-5)7(8,9)10/h3H2,1-2H3. The van der Waals surface area contributed by atoms with E-state index in [0.29, 0.717) is 11.4 Å². The summed E-state index contributed by atoms with van der Waals surface area (Å²) in [6.07, 6.45) is -3.68. The van der Waals surface area contributed by atoms with Crippen LogP contribution in [-0.4, -0.2) is 4.98 Å². The maximum atomic E-state index is 12.2. The second-order valence-electron chi connectivity index (χ2n) is 2.37. The lowest BCUT2D eigenvalue weighted by Crippen LogP contribution is -2.03. The fourth-order valence-electron chi connectivity index (χ4n) is 0.867. The van der Waals surface area contributed by atoms with Crippen molar-refractivity contribution in [1.29, 1.82) is 0 Å². The Hall–Kier alpha value is -0.580. The van der Waals surface area contributed by atoms with Crippen LogP contribution in [0.25, 0.3) is 0 Å². The molecular formula is C7H8F3NS. The van der Waals surface area contributed by atoms with E-state index in [2.05, 4.69) is 4.98 Å². The molecule has 0 atom stereocenters. The molecule has 0 bridgehead atoms. The lowest BCUT2D eigenvalue weighted by atomic mass is 10.4. The Morgan fingerprint density at radius 2 is 2.00 bits per heavy atom. The molecule has 1 rings (SSSR count). The summed E-state index contributed by atoms with van der Waals surface area (Å²) in [6, 6.07) is 0. The first-order chi connectivity index (χ1) is 5.45. The van der Waals surface area contributed by atoms with Gasteiger partial charge in [0, 0.05) is 0 Å². The van der Waals surface area contributed by atoms with Crippen molar-refractivity contribution in [2.45, 2.75) is 26.4 Å². The van der Waals surface area contributed by atoms with E-state index in [0.717, 1.165) is 11.3 Å². The van der Waals surface area contributed by atoms with E-state index in [4.69, 9.17) is 0 Å². The number of hydrogen-bond donors (Lipinski definition) is 0. The summed E-state index contributed by atoms with van der Waals surface area (Å²) in [4.78, 5) is 3.22. The Kier molecular flexibility index (Phi) is 2.41. The highest BCUT2D eigenvalue weighted by molar-refractivity contribution is 7.11. The average molecular weight is 195 g/mol. The van der Waals surface area contributed by atoms with Crippen molar-refractivity contribution in [3.05, 3.63) is 15.6 Å². The van der Waals surface area contributed by atoms with E-state index in [1.54, 1.807) is 6.92 Å². The number of nitrogens with zero attached hydrogens (tertiary/aromatic N) is 1. The smallest absolute Gasteiger partial charge is 0.246 e. The fourth-order valence-corrected chi connectivity index (χ4v) is 1.74. The molecule has 1 aromatic rings. The van der Waals surface area contributed by atoms with Crippen molar-refractivity contribution < 1.29 is 13.2 Å². The van der Waals surface area contributed by atoms with Gasteiger partial charge >= 0.3 is 6.18 Å². The van der Waals surface area contributed by atoms with Gasteiger partial charge in [0.15, 0.2) is 0 Å². The van der Waals surface area contributed by atoms with Crippen LogP contribution in [0.3, 0.4) is 0 Å². The zero-order valence-electron chi connectivity index (χ0n) is 6.70. The van der Waals surface area contributed by atoms with Crippen molar-refractivity contribution in [3.63, 3.8) is 0 Å². The number of hydrogen-bond acceptors (Lipinski definition) is 2. The van der Waals surface area contributed by atoms with Gasteiger partial charge in [0.1, 0.15) is 4.88 Å². The van der Waals surface area contributed by atoms with Crippen LogP contribution < -0.4 is 0 Å². The molecule has 0 saturated heterocycles. The van der Waals surface area contributed by atoms with Crippen LogP contribution in [0.5, 0.6) is 0 Å². The second-order valence-corrected chi connectivity index (χ2v) is 3.46. The molecule has 0 aliphatic rings. The van der Waals surface area contributed by atoms with Gasteiger partial charge in [-0.15, -0.1) is 11.3 Å². The monoisotopic (exact) mass is 195 g/mol. The Balaban J connectivity index is 3.08. The van der Waals surface area contributed by atoms with Gasteiger partial charge in [0.2, 0.25) is 0 Å². The minimum atomic E-state index is -4.24. The van der Waals surface area contributed by atoms with Crippen LogP contribution in [0.4, 0.5) is 13.2 Å². The Bertz CT molecular complexity index is 277. The van der Waals surface area contributed by atoms with Gasteiger partial charge in [-0.2, -0.15) is 13.2 Å². The summed E-state index contributed by atoms with van der Waals surface area (Å²) in [7, 11) is 0. The zero-order chi connectivity index (χ0) is 9.35. The molecule has 5 heteroatoms. The van der Waals surface area contributed by atoms with Crippen molar-refractivity contribution in [2.75, 3.05) is 0 Å². The molecule has 0 aromatic carbocycles. The summed E-state index contributed by atoms with van der Waals surface area (Å²) < 4.78 is 36.5. The predicted molar refractivity (Wildman–Crippen MR) is 41.2 cm³/mol. The quantitative estimate of drug-likeness (QED) is 0.671. The van der Waals surface area contributed by atoms with E-state index in [9.17, 15) is 13.2 Å². The summed E-state index contributed by atoms with van der Waals surface area (Å²) >= 11 is 0.730. The molecule has 0 unspecified atom stereocenters. The molecule has 1 nitrogen and oxygen atoms in total. The van der Waals surface area contributed by atoms with Gasteiger partial charge in [0.05, 0.1) is 10.7 Å². The molecule has 1 aromatic heterocycles. The van der Waals surface area contributed by atoms with Crippen LogP contribution in [0.2, 0.25) is 0 Å². The van der Waals surface area contributed by atoms with Crippen molar-refractivity contribution in [1.82, 2.24) is 4.98 Å². The number of thiazole rings is 1. The van der Waals surface area contributed by atoms with E-state index in [-0.39, 0.29) is 5.69 Å². The van der Waals surface area contributed by atoms with E-state index >= 15 is 0 Å². The summed E-state index contributed by atoms with van der Waals surface area (Å²) in [5, 5.41) is 0.542. The van der Waals surface area contributed by atoms with Crippen LogP contribution in [0.1, 0.15) is 22.5 Å². The third kappa shape index (κ3) is 1.77. The predicted octanol–water partition coefficient (Wildman–Crippen LogP) is 3.03. The molecule has 0 spiro atoms. The van der Waals surface area contributed by atoms with E-state index in [1.807, 2.05) is 0 Å². The van der Waals surface area contributed by atoms with E-state index < -0.39 is 11.1 Å². The normalized spacial score (nSPS) is 12.1. The van der Waals surface area contributed by atoms with Gasteiger partial charge < -0.3 is 0 Å². The topological polar surface area (TPSA) is 12.9 Å². The highest BCUT2D eigenvalue weighted by Gasteiger charge is 2.35. The molecule has 0 radical (unpaired) electrons. The summed E-state index contributed by atoms with van der Waals surface area (Å²) in [5.74, 6) is 0. The zero-order valence-corrected chi connectivity index (χ0v) is 7.51. The molecule has 68 valence electrons. The Labute approximate surface area is 72.2 Å². The largest absolute Gasteiger partial charge is 0.427 e. The minimum Gasteiger partial charge on any atom is -0.246 e. The highest BCUT2D eigenvalue weighted by Crippen LogP contribution is 2.36. The maximum absolute atomic E-state index is 12.2. The fraction of sp³-hybridized carbons (Fsp3) is 0.571. The number of halogens is 3. The molecule has 12 heavy (non-hydrogen) atoms. The first-order valence-corrected chi connectivity index (χ1v) is 4.30. The average Bonchev–Trinajstić information content (AvgIpc) is 2.29. The van der Waals surface area contributed by atoms with Crippen LogP contribution >= 0.6 is 11.3 Å². The van der Waals surface area contributed by atoms with Crippen LogP contribution in [0.15, 0.2) is 0 Å². The van der Waals surface area contributed by atoms with Crippen molar-refractivity contribution in [3.8, 4) is 0 Å². The Morgan fingerprint density at radius 3 is 2.25 bits per heavy atom. The third-order valence-corrected chi connectivity index (χ3v) is 2.75. The molecule has 0 N–H and O–H groups in total. The number of aromatic nitrogens is 1. The lowest BCUT2D eigenvalue weighted by molar-refractivity contribution is -0.134. The maximum Gasteiger partial charge on any atom is 0.427 e. The van der Waals surface area contributed by atoms with Gasteiger partial charge in [0.25, 0.3) is 0 Å². The SMILES string of the molecule is CCc1nc(C)c(C(F)(F)F)s1. The highest BCUT2D eigenvalue weighted by atomic mass is 32.1. The first-order valence-electron chi connectivity index (χ1n) is 3.48. The van der Waals surface area contributed by atoms with Gasteiger partial charge in [-0.3, -0.25) is 0 Å². The molecule has 0 saturated carbocycles. The Morgan fingerprint density at radius 1 is 1.42 bits per heavy atom. The molecule has 0 aliphatic carbocycles. The molecule has 0 aliphatic heterocycles. The van der Waals surface area contributed by atoms with Gasteiger partial charge in [-0.25, -0.2) is 4.98 Å². The molecule has 0 amide bonds. The van der Waals surface area contributed by atoms with Crippen molar-refractivity contribution >= 4 is 11.3 Å². The number of aryl methyl sites for hydroxylation is 2. The van der Waals surface area contributed by atoms with Crippen LogP contribution in [0, 0.1) is 6.92 Å². The first kappa shape index (κ1) is 9.51. The molecule has 0 fully saturated rings. The lowest BCUT2D eigenvalue weighted by Gasteiger charge is -2.01. The number of alkyl halides is 3. The minimum absolute atomic E-state index is 0.0874. The second kappa shape index (κ2) is 3.05. The van der Waals surface area contributed by atoms with Gasteiger partial charge in [-0.05, 0) is 13.3 Å². The summed E-state index contributed by atoms with van der Waals surface area (Å²) in [5.41, 5.74) is 0.0874. The summed E-state index contributed by atoms with van der Waals surface area (Å²) in [6.45, 7) is 3.18. The molecule has 1 heterocycles. The van der Waals surface area contributed by atoms with E-state index in [1.165, 1.54) is 6.92 Å². The van der Waals surface area contributed by atoms with Crippen molar-refractivity contribution in [2.24, 2.45) is 0 Å².